The number of sulfonamides is 1. The van der Waals surface area contributed by atoms with Crippen LogP contribution in [0, 0.1) is 12.7 Å². The highest BCUT2D eigenvalue weighted by molar-refractivity contribution is 7.89. The number of nitrogens with zero attached hydrogens (tertiary/aromatic N) is 1. The van der Waals surface area contributed by atoms with Crippen molar-refractivity contribution in [1.82, 2.24) is 9.62 Å². The molecule has 1 fully saturated rings. The molecule has 0 aromatic heterocycles. The van der Waals surface area contributed by atoms with Crippen LogP contribution < -0.4 is 5.32 Å². The molecule has 0 radical (unpaired) electrons. The Morgan fingerprint density at radius 2 is 1.80 bits per heavy atom. The first-order valence-corrected chi connectivity index (χ1v) is 7.77. The molecule has 0 bridgehead atoms. The molecular formula is C13H20ClFN2O2S. The van der Waals surface area contributed by atoms with Crippen LogP contribution >= 0.6 is 12.4 Å². The third-order valence-corrected chi connectivity index (χ3v) is 5.13. The molecule has 2 atom stereocenters. The lowest BCUT2D eigenvalue weighted by Gasteiger charge is -2.35. The van der Waals surface area contributed by atoms with Crippen LogP contribution in [-0.4, -0.2) is 37.9 Å². The number of hydrogen-bond acceptors (Lipinski definition) is 3. The van der Waals surface area contributed by atoms with E-state index in [-0.39, 0.29) is 29.4 Å². The predicted octanol–water partition coefficient (Wildman–Crippen LogP) is 1.93. The number of rotatable bonds is 2. The van der Waals surface area contributed by atoms with Crippen molar-refractivity contribution >= 4 is 22.4 Å². The van der Waals surface area contributed by atoms with E-state index in [1.165, 1.54) is 16.4 Å². The third kappa shape index (κ3) is 3.49. The van der Waals surface area contributed by atoms with Crippen LogP contribution in [0.25, 0.3) is 0 Å². The average Bonchev–Trinajstić information content (AvgIpc) is 2.31. The summed E-state index contributed by atoms with van der Waals surface area (Å²) in [6.07, 6.45) is 0. The maximum atomic E-state index is 13.5. The second-order valence-electron chi connectivity index (χ2n) is 5.20. The minimum atomic E-state index is -3.61. The van der Waals surface area contributed by atoms with Crippen molar-refractivity contribution in [2.75, 3.05) is 13.1 Å². The normalized spacial score (nSPS) is 24.2. The van der Waals surface area contributed by atoms with Gasteiger partial charge in [-0.3, -0.25) is 0 Å². The predicted molar refractivity (Wildman–Crippen MR) is 79.2 cm³/mol. The molecule has 1 aromatic carbocycles. The van der Waals surface area contributed by atoms with Gasteiger partial charge in [-0.25, -0.2) is 12.8 Å². The van der Waals surface area contributed by atoms with Crippen molar-refractivity contribution in [3.8, 4) is 0 Å². The van der Waals surface area contributed by atoms with E-state index in [9.17, 15) is 12.8 Å². The summed E-state index contributed by atoms with van der Waals surface area (Å²) < 4.78 is 39.9. The Morgan fingerprint density at radius 3 is 2.30 bits per heavy atom. The van der Waals surface area contributed by atoms with Crippen molar-refractivity contribution in [3.63, 3.8) is 0 Å². The second kappa shape index (κ2) is 6.39. The van der Waals surface area contributed by atoms with Gasteiger partial charge < -0.3 is 5.32 Å². The molecule has 2 unspecified atom stereocenters. The summed E-state index contributed by atoms with van der Waals surface area (Å²) in [6.45, 7) is 6.30. The molecular weight excluding hydrogens is 303 g/mol. The molecule has 1 N–H and O–H groups in total. The van der Waals surface area contributed by atoms with Crippen LogP contribution in [0.4, 0.5) is 4.39 Å². The summed E-state index contributed by atoms with van der Waals surface area (Å²) in [7, 11) is -3.61. The van der Waals surface area contributed by atoms with E-state index in [0.29, 0.717) is 18.7 Å². The number of hydrogen-bond donors (Lipinski definition) is 1. The molecule has 1 aliphatic rings. The molecule has 1 aromatic rings. The summed E-state index contributed by atoms with van der Waals surface area (Å²) in [5, 5.41) is 3.27. The zero-order valence-corrected chi connectivity index (χ0v) is 13.4. The Hall–Kier alpha value is -0.690. The highest BCUT2D eigenvalue weighted by atomic mass is 35.5. The zero-order chi connectivity index (χ0) is 14.2. The van der Waals surface area contributed by atoms with Crippen molar-refractivity contribution in [2.45, 2.75) is 37.8 Å². The highest BCUT2D eigenvalue weighted by Crippen LogP contribution is 2.20. The molecule has 20 heavy (non-hydrogen) atoms. The molecule has 0 spiro atoms. The minimum Gasteiger partial charge on any atom is -0.309 e. The van der Waals surface area contributed by atoms with Gasteiger partial charge >= 0.3 is 0 Å². The minimum absolute atomic E-state index is 0. The smallest absolute Gasteiger partial charge is 0.243 e. The zero-order valence-electron chi connectivity index (χ0n) is 11.8. The second-order valence-corrected chi connectivity index (χ2v) is 7.14. The summed E-state index contributed by atoms with van der Waals surface area (Å²) in [4.78, 5) is 0.0249. The van der Waals surface area contributed by atoms with Crippen LogP contribution in [0.5, 0.6) is 0 Å². The van der Waals surface area contributed by atoms with Crippen LogP contribution in [-0.2, 0) is 10.0 Å². The maximum absolute atomic E-state index is 13.5. The average molecular weight is 323 g/mol. The number of nitrogens with one attached hydrogen (secondary N) is 1. The molecule has 4 nitrogen and oxygen atoms in total. The fourth-order valence-electron chi connectivity index (χ4n) is 2.36. The fourth-order valence-corrected chi connectivity index (χ4v) is 3.99. The van der Waals surface area contributed by atoms with Gasteiger partial charge in [-0.05, 0) is 38.5 Å². The molecule has 1 saturated heterocycles. The standard InChI is InChI=1S/C13H19FN2O2S.ClH/c1-9-4-5-12(6-13(9)14)19(17,18)16-7-10(2)15-11(3)8-16;/h4-6,10-11,15H,7-8H2,1-3H3;1H. The van der Waals surface area contributed by atoms with E-state index in [0.717, 1.165) is 6.07 Å². The largest absolute Gasteiger partial charge is 0.309 e. The lowest BCUT2D eigenvalue weighted by Crippen LogP contribution is -2.55. The highest BCUT2D eigenvalue weighted by Gasteiger charge is 2.31. The fraction of sp³-hybridized carbons (Fsp3) is 0.538. The first-order valence-electron chi connectivity index (χ1n) is 6.33. The Balaban J connectivity index is 0.00000200. The van der Waals surface area contributed by atoms with Gasteiger partial charge in [0.15, 0.2) is 0 Å². The van der Waals surface area contributed by atoms with Crippen molar-refractivity contribution in [3.05, 3.63) is 29.6 Å². The van der Waals surface area contributed by atoms with Gasteiger partial charge in [0, 0.05) is 25.2 Å². The van der Waals surface area contributed by atoms with Crippen molar-refractivity contribution in [1.29, 1.82) is 0 Å². The molecule has 0 saturated carbocycles. The van der Waals surface area contributed by atoms with Gasteiger partial charge in [0.25, 0.3) is 0 Å². The molecule has 1 heterocycles. The Kier molecular flexibility index (Phi) is 5.54. The monoisotopic (exact) mass is 322 g/mol. The number of aryl methyl sites for hydroxylation is 1. The van der Waals surface area contributed by atoms with Crippen LogP contribution in [0.3, 0.4) is 0 Å². The van der Waals surface area contributed by atoms with Gasteiger partial charge in [-0.15, -0.1) is 12.4 Å². The number of benzene rings is 1. The number of piperazine rings is 1. The van der Waals surface area contributed by atoms with E-state index in [4.69, 9.17) is 0 Å². The molecule has 1 aliphatic heterocycles. The van der Waals surface area contributed by atoms with Crippen molar-refractivity contribution in [2.24, 2.45) is 0 Å². The molecule has 0 aliphatic carbocycles. The van der Waals surface area contributed by atoms with Gasteiger partial charge in [-0.2, -0.15) is 4.31 Å². The van der Waals surface area contributed by atoms with Gasteiger partial charge in [0.2, 0.25) is 10.0 Å². The van der Waals surface area contributed by atoms with Crippen LogP contribution in [0.1, 0.15) is 19.4 Å². The van der Waals surface area contributed by atoms with Crippen molar-refractivity contribution < 1.29 is 12.8 Å². The number of halogens is 2. The van der Waals surface area contributed by atoms with E-state index < -0.39 is 15.8 Å². The van der Waals surface area contributed by atoms with Gasteiger partial charge in [-0.1, -0.05) is 6.07 Å². The molecule has 0 amide bonds. The summed E-state index contributed by atoms with van der Waals surface area (Å²) in [6, 6.07) is 4.24. The van der Waals surface area contributed by atoms with E-state index in [2.05, 4.69) is 5.32 Å². The first-order chi connectivity index (χ1) is 8.80. The van der Waals surface area contributed by atoms with Crippen LogP contribution in [0.15, 0.2) is 23.1 Å². The quantitative estimate of drug-likeness (QED) is 0.905. The van der Waals surface area contributed by atoms with E-state index in [1.54, 1.807) is 6.92 Å². The van der Waals surface area contributed by atoms with E-state index in [1.807, 2.05) is 13.8 Å². The first kappa shape index (κ1) is 17.4. The topological polar surface area (TPSA) is 49.4 Å². The molecule has 114 valence electrons. The Bertz CT molecular complexity index is 570. The summed E-state index contributed by atoms with van der Waals surface area (Å²) in [5.74, 6) is -0.489. The van der Waals surface area contributed by atoms with E-state index >= 15 is 0 Å². The summed E-state index contributed by atoms with van der Waals surface area (Å²) in [5.41, 5.74) is 0.445. The Labute approximate surface area is 125 Å². The van der Waals surface area contributed by atoms with Gasteiger partial charge in [0.05, 0.1) is 4.90 Å². The maximum Gasteiger partial charge on any atom is 0.243 e. The summed E-state index contributed by atoms with van der Waals surface area (Å²) >= 11 is 0. The van der Waals surface area contributed by atoms with Crippen LogP contribution in [0.2, 0.25) is 0 Å². The SMILES string of the molecule is Cc1ccc(S(=O)(=O)N2CC(C)NC(C)C2)cc1F.Cl. The third-order valence-electron chi connectivity index (χ3n) is 3.31. The molecule has 2 rings (SSSR count). The lowest BCUT2D eigenvalue weighted by molar-refractivity contribution is 0.263. The Morgan fingerprint density at radius 1 is 1.25 bits per heavy atom. The molecule has 7 heteroatoms. The lowest BCUT2D eigenvalue weighted by atomic mass is 10.2. The van der Waals surface area contributed by atoms with Gasteiger partial charge in [0.1, 0.15) is 5.82 Å².